The number of morpholine rings is 1. The van der Waals surface area contributed by atoms with Crippen molar-refractivity contribution in [3.63, 3.8) is 0 Å². The van der Waals surface area contributed by atoms with Gasteiger partial charge in [-0.1, -0.05) is 0 Å². The number of hydrogen-bond acceptors (Lipinski definition) is 7. The van der Waals surface area contributed by atoms with Crippen molar-refractivity contribution in [1.29, 1.82) is 0 Å². The number of Topliss-reactive ketones (excluding diaryl/α,β-unsaturated/α-hetero) is 1. The van der Waals surface area contributed by atoms with Gasteiger partial charge in [0, 0.05) is 35.6 Å². The van der Waals surface area contributed by atoms with Gasteiger partial charge in [0.15, 0.2) is 5.78 Å². The van der Waals surface area contributed by atoms with Crippen molar-refractivity contribution >= 4 is 23.1 Å². The smallest absolute Gasteiger partial charge is 0.248 e. The van der Waals surface area contributed by atoms with Crippen LogP contribution in [0.4, 0.5) is 11.4 Å². The molecule has 0 saturated carbocycles. The highest BCUT2D eigenvalue weighted by Gasteiger charge is 2.13. The van der Waals surface area contributed by atoms with Crippen molar-refractivity contribution < 1.29 is 14.3 Å². The van der Waals surface area contributed by atoms with Crippen LogP contribution < -0.4 is 10.2 Å². The molecule has 1 N–H and O–H groups in total. The number of benzene rings is 2. The van der Waals surface area contributed by atoms with Crippen molar-refractivity contribution in [1.82, 2.24) is 20.2 Å². The molecule has 0 aliphatic carbocycles. The molecule has 2 heterocycles. The second kappa shape index (κ2) is 8.83. The first-order chi connectivity index (χ1) is 14.6. The largest absolute Gasteiger partial charge is 0.378 e. The number of ketones is 1. The molecule has 154 valence electrons. The number of hydrogen-bond donors (Lipinski definition) is 1. The summed E-state index contributed by atoms with van der Waals surface area (Å²) < 4.78 is 5.38. The zero-order chi connectivity index (χ0) is 20.9. The Morgan fingerprint density at radius 1 is 1.03 bits per heavy atom. The van der Waals surface area contributed by atoms with E-state index in [1.807, 2.05) is 24.3 Å². The molecule has 0 spiro atoms. The van der Waals surface area contributed by atoms with Crippen molar-refractivity contribution in [3.05, 3.63) is 54.1 Å². The lowest BCUT2D eigenvalue weighted by molar-refractivity contribution is -0.117. The summed E-state index contributed by atoms with van der Waals surface area (Å²) in [6, 6.07) is 14.7. The third-order valence-electron chi connectivity index (χ3n) is 4.81. The van der Waals surface area contributed by atoms with E-state index in [0.29, 0.717) is 17.1 Å². The number of ether oxygens (including phenoxy) is 1. The second-order valence-corrected chi connectivity index (χ2v) is 6.97. The van der Waals surface area contributed by atoms with Gasteiger partial charge in [-0.25, -0.2) is 0 Å². The van der Waals surface area contributed by atoms with Gasteiger partial charge in [0.05, 0.1) is 13.2 Å². The van der Waals surface area contributed by atoms with Gasteiger partial charge in [-0.2, -0.15) is 4.80 Å². The number of nitrogens with zero attached hydrogens (tertiary/aromatic N) is 5. The predicted octanol–water partition coefficient (Wildman–Crippen LogP) is 2.02. The normalized spacial score (nSPS) is 13.8. The second-order valence-electron chi connectivity index (χ2n) is 6.97. The van der Waals surface area contributed by atoms with Crippen LogP contribution in [-0.2, 0) is 16.1 Å². The summed E-state index contributed by atoms with van der Waals surface area (Å²) in [5.41, 5.74) is 3.15. The molecule has 0 radical (unpaired) electrons. The van der Waals surface area contributed by atoms with E-state index in [1.165, 1.54) is 11.7 Å². The highest BCUT2D eigenvalue weighted by Crippen LogP contribution is 2.21. The molecule has 1 amide bonds. The molecule has 1 saturated heterocycles. The Morgan fingerprint density at radius 3 is 2.40 bits per heavy atom. The van der Waals surface area contributed by atoms with Gasteiger partial charge in [0.1, 0.15) is 6.54 Å². The Hall–Kier alpha value is -3.59. The molecule has 1 fully saturated rings. The number of anilines is 2. The highest BCUT2D eigenvalue weighted by atomic mass is 16.5. The van der Waals surface area contributed by atoms with Crippen molar-refractivity contribution in [2.45, 2.75) is 13.5 Å². The number of aromatic nitrogens is 4. The lowest BCUT2D eigenvalue weighted by Gasteiger charge is -2.28. The topological polar surface area (TPSA) is 102 Å². The fourth-order valence-electron chi connectivity index (χ4n) is 3.19. The minimum absolute atomic E-state index is 0.0230. The molecule has 1 aliphatic heterocycles. The summed E-state index contributed by atoms with van der Waals surface area (Å²) >= 11 is 0. The Bertz CT molecular complexity index is 1020. The summed E-state index contributed by atoms with van der Waals surface area (Å²) in [4.78, 5) is 27.1. The number of carbonyl (C=O) groups is 2. The molecule has 9 heteroatoms. The maximum Gasteiger partial charge on any atom is 0.248 e. The Kier molecular flexibility index (Phi) is 5.80. The molecule has 0 bridgehead atoms. The molecule has 1 aliphatic rings. The molecule has 0 unspecified atom stereocenters. The van der Waals surface area contributed by atoms with Crippen LogP contribution in [0.3, 0.4) is 0 Å². The zero-order valence-electron chi connectivity index (χ0n) is 16.6. The molecule has 9 nitrogen and oxygen atoms in total. The van der Waals surface area contributed by atoms with E-state index in [9.17, 15) is 9.59 Å². The predicted molar refractivity (Wildman–Crippen MR) is 111 cm³/mol. The third kappa shape index (κ3) is 4.69. The highest BCUT2D eigenvalue weighted by molar-refractivity contribution is 5.95. The lowest BCUT2D eigenvalue weighted by Crippen LogP contribution is -2.36. The summed E-state index contributed by atoms with van der Waals surface area (Å²) in [6.07, 6.45) is 0. The van der Waals surface area contributed by atoms with E-state index in [-0.39, 0.29) is 18.2 Å². The SMILES string of the molecule is CC(=O)c1ccc(NC(=O)Cn2nnc(-c3ccc(N4CCOCC4)cc3)n2)cc1. The molecule has 1 aromatic heterocycles. The number of tetrazole rings is 1. The maximum absolute atomic E-state index is 12.2. The van der Waals surface area contributed by atoms with Gasteiger partial charge in [-0.05, 0) is 60.7 Å². The first kappa shape index (κ1) is 19.7. The molecular formula is C21H22N6O3. The molecule has 30 heavy (non-hydrogen) atoms. The molecule has 2 aromatic carbocycles. The summed E-state index contributed by atoms with van der Waals surface area (Å²) in [6.45, 7) is 4.66. The standard InChI is InChI=1S/C21H22N6O3/c1-15(28)16-2-6-18(7-3-16)22-20(29)14-27-24-21(23-25-27)17-4-8-19(9-5-17)26-10-12-30-13-11-26/h2-9H,10-14H2,1H3,(H,22,29). The summed E-state index contributed by atoms with van der Waals surface area (Å²) in [5.74, 6) is 0.157. The fourth-order valence-corrected chi connectivity index (χ4v) is 3.19. The van der Waals surface area contributed by atoms with E-state index in [0.717, 1.165) is 37.6 Å². The maximum atomic E-state index is 12.2. The Labute approximate surface area is 173 Å². The zero-order valence-corrected chi connectivity index (χ0v) is 16.6. The Balaban J connectivity index is 1.36. The lowest BCUT2D eigenvalue weighted by atomic mass is 10.1. The van der Waals surface area contributed by atoms with Gasteiger partial charge < -0.3 is 15.0 Å². The molecular weight excluding hydrogens is 384 g/mol. The number of carbonyl (C=O) groups excluding carboxylic acids is 2. The van der Waals surface area contributed by atoms with E-state index < -0.39 is 0 Å². The van der Waals surface area contributed by atoms with Gasteiger partial charge in [0.2, 0.25) is 11.7 Å². The quantitative estimate of drug-likeness (QED) is 0.625. The van der Waals surface area contributed by atoms with Crippen molar-refractivity contribution in [2.75, 3.05) is 36.5 Å². The number of rotatable bonds is 6. The molecule has 3 aromatic rings. The third-order valence-corrected chi connectivity index (χ3v) is 4.81. The van der Waals surface area contributed by atoms with Crippen LogP contribution in [0.2, 0.25) is 0 Å². The van der Waals surface area contributed by atoms with Gasteiger partial charge in [-0.15, -0.1) is 10.2 Å². The van der Waals surface area contributed by atoms with Crippen LogP contribution in [0.15, 0.2) is 48.5 Å². The van der Waals surface area contributed by atoms with Crippen LogP contribution >= 0.6 is 0 Å². The van der Waals surface area contributed by atoms with Crippen molar-refractivity contribution in [3.8, 4) is 11.4 Å². The summed E-state index contributed by atoms with van der Waals surface area (Å²) in [7, 11) is 0. The minimum Gasteiger partial charge on any atom is -0.378 e. The van der Waals surface area contributed by atoms with Crippen LogP contribution in [0, 0.1) is 0 Å². The average Bonchev–Trinajstić information content (AvgIpc) is 3.23. The fraction of sp³-hybridized carbons (Fsp3) is 0.286. The number of amides is 1. The first-order valence-electron chi connectivity index (χ1n) is 9.70. The van der Waals surface area contributed by atoms with E-state index >= 15 is 0 Å². The van der Waals surface area contributed by atoms with Gasteiger partial charge in [0.25, 0.3) is 0 Å². The van der Waals surface area contributed by atoms with Crippen LogP contribution in [0.1, 0.15) is 17.3 Å². The average molecular weight is 406 g/mol. The molecule has 0 atom stereocenters. The summed E-state index contributed by atoms with van der Waals surface area (Å²) in [5, 5.41) is 15.1. The monoisotopic (exact) mass is 406 g/mol. The van der Waals surface area contributed by atoms with E-state index in [4.69, 9.17) is 4.74 Å². The van der Waals surface area contributed by atoms with E-state index in [1.54, 1.807) is 24.3 Å². The van der Waals surface area contributed by atoms with Crippen LogP contribution in [0.5, 0.6) is 0 Å². The minimum atomic E-state index is -0.280. The van der Waals surface area contributed by atoms with Gasteiger partial charge >= 0.3 is 0 Å². The molecule has 4 rings (SSSR count). The van der Waals surface area contributed by atoms with Crippen LogP contribution in [0.25, 0.3) is 11.4 Å². The number of nitrogens with one attached hydrogen (secondary N) is 1. The van der Waals surface area contributed by atoms with Gasteiger partial charge in [-0.3, -0.25) is 9.59 Å². The van der Waals surface area contributed by atoms with Crippen LogP contribution in [-0.4, -0.2) is 58.2 Å². The van der Waals surface area contributed by atoms with Crippen molar-refractivity contribution in [2.24, 2.45) is 0 Å². The van der Waals surface area contributed by atoms with E-state index in [2.05, 4.69) is 25.6 Å². The Morgan fingerprint density at radius 2 is 1.73 bits per heavy atom. The first-order valence-corrected chi connectivity index (χ1v) is 9.70.